The first-order valence-electron chi connectivity index (χ1n) is 21.0. The SMILES string of the molecule is CCCCc1c(CCCC)c(CCCC)c2c3[nH]c(c2c1CCCC)=Nc1[nH]c(c2ccccc12)N=c1[nH]c(c2ccccc12)=Nc1[nH]c(c2ccccc12)N=3. The number of aromatic nitrogens is 4. The summed E-state index contributed by atoms with van der Waals surface area (Å²) in [6.45, 7) is 9.24. The van der Waals surface area contributed by atoms with E-state index < -0.39 is 0 Å². The fourth-order valence-corrected chi connectivity index (χ4v) is 8.87. The second-order valence-corrected chi connectivity index (χ2v) is 15.5. The van der Waals surface area contributed by atoms with Crippen LogP contribution in [-0.4, -0.2) is 19.9 Å². The predicted octanol–water partition coefficient (Wildman–Crippen LogP) is 11.1. The highest BCUT2D eigenvalue weighted by Gasteiger charge is 2.24. The van der Waals surface area contributed by atoms with Crippen LogP contribution in [0.1, 0.15) is 101 Å². The van der Waals surface area contributed by atoms with Gasteiger partial charge in [0.25, 0.3) is 0 Å². The lowest BCUT2D eigenvalue weighted by molar-refractivity contribution is 0.724. The standard InChI is InChI=1S/C48H52N8/c1-5-9-19-29-30(20-10-6-2)32(22-12-8-4)40-39(31(29)21-11-7-3)47-54-45-37-27-17-15-25-35(37)43(52-45)50-41-33-23-13-14-24-34(33)42(49-41)51-44-36-26-16-18-28-38(36)46(53-44)55-48(40)56-47/h13-18,23-28H,5-12,19-22H2,1-4H3,(H4,49,50,51,52,53,54,55,56). The van der Waals surface area contributed by atoms with Gasteiger partial charge in [-0.05, 0) is 73.6 Å². The lowest BCUT2D eigenvalue weighted by atomic mass is 9.83. The molecule has 0 amide bonds. The molecule has 5 heterocycles. The van der Waals surface area contributed by atoms with Crippen LogP contribution >= 0.6 is 0 Å². The molecule has 1 aliphatic rings. The van der Waals surface area contributed by atoms with Crippen molar-refractivity contribution in [1.82, 2.24) is 19.9 Å². The van der Waals surface area contributed by atoms with Crippen molar-refractivity contribution in [2.75, 3.05) is 0 Å². The number of rotatable bonds is 12. The first-order chi connectivity index (χ1) is 27.6. The smallest absolute Gasteiger partial charge is 0.142 e. The molecule has 0 saturated heterocycles. The molecule has 0 spiro atoms. The molecule has 0 unspecified atom stereocenters. The minimum atomic E-state index is 0.751. The number of hydrogen-bond donors (Lipinski definition) is 4. The van der Waals surface area contributed by atoms with Gasteiger partial charge in [0.15, 0.2) is 0 Å². The van der Waals surface area contributed by atoms with E-state index in [2.05, 4.69) is 120 Å². The van der Waals surface area contributed by atoms with E-state index in [0.717, 1.165) is 129 Å². The second-order valence-electron chi connectivity index (χ2n) is 15.5. The van der Waals surface area contributed by atoms with Gasteiger partial charge < -0.3 is 19.9 Å². The number of aryl methyl sites for hydroxylation is 2. The maximum absolute atomic E-state index is 5.58. The maximum atomic E-state index is 5.58. The van der Waals surface area contributed by atoms with Crippen molar-refractivity contribution >= 4 is 66.4 Å². The minimum Gasteiger partial charge on any atom is -0.324 e. The largest absolute Gasteiger partial charge is 0.324 e. The Kier molecular flexibility index (Phi) is 9.88. The van der Waals surface area contributed by atoms with Crippen LogP contribution in [0, 0.1) is 0 Å². The number of unbranched alkanes of at least 4 members (excludes halogenated alkanes) is 4. The van der Waals surface area contributed by atoms with Crippen LogP contribution in [0.5, 0.6) is 0 Å². The molecule has 0 atom stereocenters. The summed E-state index contributed by atoms with van der Waals surface area (Å²) in [6, 6.07) is 25.2. The van der Waals surface area contributed by atoms with Gasteiger partial charge in [-0.3, -0.25) is 0 Å². The van der Waals surface area contributed by atoms with Crippen molar-refractivity contribution in [3.05, 3.63) is 117 Å². The van der Waals surface area contributed by atoms with Gasteiger partial charge in [0, 0.05) is 43.1 Å². The summed E-state index contributed by atoms with van der Waals surface area (Å²) >= 11 is 0. The molecule has 0 aliphatic carbocycles. The lowest BCUT2D eigenvalue weighted by Gasteiger charge is -2.21. The molecule has 0 saturated carbocycles. The van der Waals surface area contributed by atoms with Gasteiger partial charge in [0.1, 0.15) is 45.2 Å². The Bertz CT molecular complexity index is 2790. The van der Waals surface area contributed by atoms with Gasteiger partial charge >= 0.3 is 0 Å². The number of aromatic amines is 4. The van der Waals surface area contributed by atoms with E-state index in [4.69, 9.17) is 20.0 Å². The molecule has 8 heteroatoms. The summed E-state index contributed by atoms with van der Waals surface area (Å²) in [7, 11) is 0. The average molecular weight is 741 g/mol. The zero-order valence-corrected chi connectivity index (χ0v) is 33.2. The molecular weight excluding hydrogens is 689 g/mol. The monoisotopic (exact) mass is 740 g/mol. The topological polar surface area (TPSA) is 113 Å². The molecule has 8 aromatic rings. The van der Waals surface area contributed by atoms with E-state index in [1.807, 2.05) is 0 Å². The Morgan fingerprint density at radius 3 is 0.964 bits per heavy atom. The highest BCUT2D eigenvalue weighted by molar-refractivity contribution is 6.01. The fourth-order valence-electron chi connectivity index (χ4n) is 8.87. The number of H-pyrrole nitrogens is 4. The van der Waals surface area contributed by atoms with Gasteiger partial charge in [-0.2, -0.15) is 0 Å². The van der Waals surface area contributed by atoms with Crippen molar-refractivity contribution in [3.8, 4) is 0 Å². The molecule has 1 aliphatic heterocycles. The molecule has 9 rings (SSSR count). The van der Waals surface area contributed by atoms with E-state index in [9.17, 15) is 0 Å². The third kappa shape index (κ3) is 6.25. The number of fused-ring (bicyclic) bond motifs is 20. The van der Waals surface area contributed by atoms with E-state index in [1.54, 1.807) is 11.1 Å². The molecule has 8 nitrogen and oxygen atoms in total. The van der Waals surface area contributed by atoms with Crippen LogP contribution in [0.25, 0.3) is 43.1 Å². The lowest BCUT2D eigenvalue weighted by Crippen LogP contribution is -2.12. The summed E-state index contributed by atoms with van der Waals surface area (Å²) < 4.78 is 0. The highest BCUT2D eigenvalue weighted by Crippen LogP contribution is 2.37. The minimum absolute atomic E-state index is 0.751. The van der Waals surface area contributed by atoms with Crippen LogP contribution in [-0.2, 0) is 25.7 Å². The summed E-state index contributed by atoms with van der Waals surface area (Å²) in [6.07, 6.45) is 13.4. The van der Waals surface area contributed by atoms with Crippen molar-refractivity contribution in [2.45, 2.75) is 105 Å². The predicted molar refractivity (Wildman–Crippen MR) is 231 cm³/mol. The molecule has 0 radical (unpaired) electrons. The number of nitrogens with zero attached hydrogens (tertiary/aromatic N) is 4. The van der Waals surface area contributed by atoms with Crippen molar-refractivity contribution in [3.63, 3.8) is 0 Å². The third-order valence-corrected chi connectivity index (χ3v) is 11.7. The first kappa shape index (κ1) is 35.9. The Morgan fingerprint density at radius 1 is 0.339 bits per heavy atom. The van der Waals surface area contributed by atoms with Gasteiger partial charge in [-0.1, -0.05) is 126 Å². The fraction of sp³-hybridized carbons (Fsp3) is 0.333. The Balaban J connectivity index is 1.50. The van der Waals surface area contributed by atoms with Gasteiger partial charge in [0.2, 0.25) is 0 Å². The van der Waals surface area contributed by atoms with E-state index in [0.29, 0.717) is 0 Å². The van der Waals surface area contributed by atoms with Crippen LogP contribution in [0.3, 0.4) is 0 Å². The van der Waals surface area contributed by atoms with E-state index >= 15 is 0 Å². The summed E-state index contributed by atoms with van der Waals surface area (Å²) in [4.78, 5) is 36.6. The quantitative estimate of drug-likeness (QED) is 0.0956. The number of nitrogens with one attached hydrogen (secondary N) is 4. The van der Waals surface area contributed by atoms with Crippen molar-refractivity contribution in [2.24, 2.45) is 20.0 Å². The van der Waals surface area contributed by atoms with Gasteiger partial charge in [-0.15, -0.1) is 0 Å². The van der Waals surface area contributed by atoms with Crippen LogP contribution in [0.4, 0.5) is 23.3 Å². The Morgan fingerprint density at radius 2 is 0.625 bits per heavy atom. The summed E-state index contributed by atoms with van der Waals surface area (Å²) in [5.74, 6) is 3.10. The number of hydrogen-bond acceptors (Lipinski definition) is 4. The van der Waals surface area contributed by atoms with Crippen molar-refractivity contribution in [1.29, 1.82) is 0 Å². The highest BCUT2D eigenvalue weighted by atomic mass is 15.1. The molecule has 4 aromatic carbocycles. The average Bonchev–Trinajstić information content (AvgIpc) is 3.96. The molecule has 56 heavy (non-hydrogen) atoms. The maximum Gasteiger partial charge on any atom is 0.142 e. The van der Waals surface area contributed by atoms with Crippen LogP contribution < -0.4 is 22.0 Å². The zero-order chi connectivity index (χ0) is 38.2. The second kappa shape index (κ2) is 15.4. The summed E-state index contributed by atoms with van der Waals surface area (Å²) in [5.41, 5.74) is 9.26. The molecule has 8 bridgehead atoms. The van der Waals surface area contributed by atoms with Crippen LogP contribution in [0.2, 0.25) is 0 Å². The Hall–Kier alpha value is -5.76. The summed E-state index contributed by atoms with van der Waals surface area (Å²) in [5, 5.41) is 8.59. The van der Waals surface area contributed by atoms with Gasteiger partial charge in [-0.25, -0.2) is 20.0 Å². The number of benzene rings is 4. The zero-order valence-electron chi connectivity index (χ0n) is 33.2. The van der Waals surface area contributed by atoms with E-state index in [-0.39, 0.29) is 0 Å². The normalized spacial score (nSPS) is 12.6. The molecule has 284 valence electrons. The molecule has 4 aromatic heterocycles. The molecular formula is C48H52N8. The first-order valence-corrected chi connectivity index (χ1v) is 21.0. The van der Waals surface area contributed by atoms with Gasteiger partial charge in [0.05, 0.1) is 0 Å². The van der Waals surface area contributed by atoms with Crippen molar-refractivity contribution < 1.29 is 0 Å². The molecule has 0 fully saturated rings. The van der Waals surface area contributed by atoms with Crippen LogP contribution in [0.15, 0.2) is 92.8 Å². The Labute approximate surface area is 327 Å². The third-order valence-electron chi connectivity index (χ3n) is 11.7. The molecule has 4 N–H and O–H groups in total. The van der Waals surface area contributed by atoms with E-state index in [1.165, 1.54) is 47.6 Å².